The van der Waals surface area contributed by atoms with E-state index in [0.29, 0.717) is 39.6 Å². The average molecular weight is 534 g/mol. The van der Waals surface area contributed by atoms with Crippen molar-refractivity contribution in [1.29, 1.82) is 0 Å². The van der Waals surface area contributed by atoms with Gasteiger partial charge < -0.3 is 24.1 Å². The third-order valence-corrected chi connectivity index (χ3v) is 7.21. The molecule has 1 unspecified atom stereocenters. The van der Waals surface area contributed by atoms with Crippen molar-refractivity contribution in [3.8, 4) is 23.0 Å². The van der Waals surface area contributed by atoms with Gasteiger partial charge in [-0.2, -0.15) is 0 Å². The lowest BCUT2D eigenvalue weighted by Gasteiger charge is -2.24. The number of aromatic nitrogens is 2. The molecule has 2 aromatic carbocycles. The van der Waals surface area contributed by atoms with Crippen molar-refractivity contribution in [2.24, 2.45) is 0 Å². The number of anilines is 1. The lowest BCUT2D eigenvalue weighted by molar-refractivity contribution is -0.132. The minimum absolute atomic E-state index is 0.104. The normalized spacial score (nSPS) is 16.6. The van der Waals surface area contributed by atoms with Gasteiger partial charge in [0.2, 0.25) is 5.75 Å². The molecule has 0 spiro atoms. The van der Waals surface area contributed by atoms with Gasteiger partial charge in [-0.15, -0.1) is 0 Å². The first-order chi connectivity index (χ1) is 18.4. The van der Waals surface area contributed by atoms with Gasteiger partial charge in [-0.3, -0.25) is 19.5 Å². The number of hydrogen-bond acceptors (Lipinski definition) is 10. The van der Waals surface area contributed by atoms with E-state index in [0.717, 1.165) is 4.70 Å². The molecule has 0 saturated carbocycles. The summed E-state index contributed by atoms with van der Waals surface area (Å²) >= 11 is 1.23. The van der Waals surface area contributed by atoms with Gasteiger partial charge in [0.1, 0.15) is 11.5 Å². The summed E-state index contributed by atoms with van der Waals surface area (Å²) in [6.07, 6.45) is 2.97. The van der Waals surface area contributed by atoms with E-state index in [1.165, 1.54) is 50.0 Å². The monoisotopic (exact) mass is 533 g/mol. The number of ether oxygens (including phenoxy) is 4. The van der Waals surface area contributed by atoms with E-state index >= 15 is 0 Å². The molecule has 194 valence electrons. The fourth-order valence-electron chi connectivity index (χ4n) is 4.39. The molecule has 1 amide bonds. The Hall–Kier alpha value is -4.64. The molecule has 10 nitrogen and oxygen atoms in total. The van der Waals surface area contributed by atoms with Crippen LogP contribution in [0.2, 0.25) is 0 Å². The summed E-state index contributed by atoms with van der Waals surface area (Å²) in [5, 5.41) is 11.6. The number of fused-ring (bicyclic) bond motifs is 1. The molecule has 1 aliphatic rings. The maximum atomic E-state index is 13.5. The molecular formula is C27H23N3O7S. The number of carbonyl (C=O) groups excluding carboxylic acids is 2. The summed E-state index contributed by atoms with van der Waals surface area (Å²) in [6, 6.07) is 10.7. The van der Waals surface area contributed by atoms with Crippen LogP contribution in [0.15, 0.2) is 60.4 Å². The highest BCUT2D eigenvalue weighted by atomic mass is 32.1. The van der Waals surface area contributed by atoms with Gasteiger partial charge >= 0.3 is 5.91 Å². The van der Waals surface area contributed by atoms with Crippen molar-refractivity contribution >= 4 is 44.1 Å². The SMILES string of the molecule is COc1ccc2nc(N3C(=O)C(=O)/C(=C(/O)c4ccncc4)C3c3cc(OC)c(OC)c(OC)c3)sc2c1. The van der Waals surface area contributed by atoms with Crippen molar-refractivity contribution in [3.05, 3.63) is 71.6 Å². The van der Waals surface area contributed by atoms with Crippen LogP contribution in [0.3, 0.4) is 0 Å². The third kappa shape index (κ3) is 4.06. The Morgan fingerprint density at radius 1 is 0.921 bits per heavy atom. The van der Waals surface area contributed by atoms with Gasteiger partial charge in [-0.25, -0.2) is 4.98 Å². The zero-order chi connectivity index (χ0) is 27.0. The van der Waals surface area contributed by atoms with Crippen molar-refractivity contribution < 1.29 is 33.6 Å². The number of methoxy groups -OCH3 is 4. The van der Waals surface area contributed by atoms with Crippen molar-refractivity contribution in [2.75, 3.05) is 33.3 Å². The first-order valence-electron chi connectivity index (χ1n) is 11.4. The highest BCUT2D eigenvalue weighted by Crippen LogP contribution is 2.48. The van der Waals surface area contributed by atoms with Crippen molar-refractivity contribution in [2.45, 2.75) is 6.04 Å². The van der Waals surface area contributed by atoms with Crippen LogP contribution in [0.5, 0.6) is 23.0 Å². The topological polar surface area (TPSA) is 120 Å². The number of thiazole rings is 1. The number of aliphatic hydroxyl groups excluding tert-OH is 1. The lowest BCUT2D eigenvalue weighted by Crippen LogP contribution is -2.29. The highest BCUT2D eigenvalue weighted by Gasteiger charge is 2.48. The predicted octanol–water partition coefficient (Wildman–Crippen LogP) is 4.35. The molecule has 11 heteroatoms. The molecule has 38 heavy (non-hydrogen) atoms. The maximum Gasteiger partial charge on any atom is 0.301 e. The lowest BCUT2D eigenvalue weighted by atomic mass is 9.95. The Morgan fingerprint density at radius 2 is 1.61 bits per heavy atom. The minimum Gasteiger partial charge on any atom is -0.507 e. The van der Waals surface area contributed by atoms with Gasteiger partial charge in [0, 0.05) is 18.0 Å². The maximum absolute atomic E-state index is 13.5. The molecule has 1 fully saturated rings. The largest absolute Gasteiger partial charge is 0.507 e. The molecule has 3 heterocycles. The van der Waals surface area contributed by atoms with Crippen molar-refractivity contribution in [3.63, 3.8) is 0 Å². The number of aliphatic hydroxyl groups is 1. The Balaban J connectivity index is 1.77. The second-order valence-electron chi connectivity index (χ2n) is 8.19. The molecule has 1 aliphatic heterocycles. The average Bonchev–Trinajstić information content (AvgIpc) is 3.49. The first kappa shape index (κ1) is 25.0. The van der Waals surface area contributed by atoms with Gasteiger partial charge in [0.05, 0.1) is 50.3 Å². The molecule has 4 aromatic rings. The number of Topliss-reactive ketones (excluding diaryl/α,β-unsaturated/α-hetero) is 1. The van der Waals surface area contributed by atoms with E-state index in [1.54, 1.807) is 49.6 Å². The number of benzene rings is 2. The van der Waals surface area contributed by atoms with E-state index in [4.69, 9.17) is 18.9 Å². The summed E-state index contributed by atoms with van der Waals surface area (Å²) in [4.78, 5) is 36.9. The predicted molar refractivity (Wildman–Crippen MR) is 141 cm³/mol. The summed E-state index contributed by atoms with van der Waals surface area (Å²) in [5.74, 6) is -0.392. The number of nitrogens with zero attached hydrogens (tertiary/aromatic N) is 3. The molecule has 1 N–H and O–H groups in total. The van der Waals surface area contributed by atoms with Crippen LogP contribution >= 0.6 is 11.3 Å². The molecule has 5 rings (SSSR count). The Morgan fingerprint density at radius 3 is 2.21 bits per heavy atom. The van der Waals surface area contributed by atoms with Crippen LogP contribution in [-0.2, 0) is 9.59 Å². The van der Waals surface area contributed by atoms with Crippen LogP contribution in [0.25, 0.3) is 16.0 Å². The zero-order valence-corrected chi connectivity index (χ0v) is 21.7. The fraction of sp³-hybridized carbons (Fsp3) is 0.185. The van der Waals surface area contributed by atoms with Gasteiger partial charge in [-0.05, 0) is 48.0 Å². The molecule has 1 atom stereocenters. The number of rotatable bonds is 7. The second-order valence-corrected chi connectivity index (χ2v) is 9.20. The first-order valence-corrected chi connectivity index (χ1v) is 12.2. The van der Waals surface area contributed by atoms with Crippen molar-refractivity contribution in [1.82, 2.24) is 9.97 Å². The standard InChI is InChI=1S/C27H23N3O7S/c1-34-16-5-6-17-20(13-16)38-27(29-17)30-22(15-11-18(35-2)25(37-4)19(12-15)36-3)21(24(32)26(30)33)23(31)14-7-9-28-10-8-14/h5-13,22,31H,1-4H3/b23-21+. The van der Waals surface area contributed by atoms with E-state index < -0.39 is 17.7 Å². The fourth-order valence-corrected chi connectivity index (χ4v) is 5.41. The van der Waals surface area contributed by atoms with Crippen LogP contribution in [-0.4, -0.2) is 55.2 Å². The van der Waals surface area contributed by atoms with Crippen LogP contribution in [0.4, 0.5) is 5.13 Å². The summed E-state index contributed by atoms with van der Waals surface area (Å²) < 4.78 is 22.6. The number of pyridine rings is 1. The van der Waals surface area contributed by atoms with Crippen LogP contribution < -0.4 is 23.8 Å². The van der Waals surface area contributed by atoms with E-state index in [9.17, 15) is 14.7 Å². The number of hydrogen-bond donors (Lipinski definition) is 1. The molecule has 2 aromatic heterocycles. The second kappa shape index (κ2) is 10.0. The smallest absolute Gasteiger partial charge is 0.301 e. The van der Waals surface area contributed by atoms with Gasteiger partial charge in [0.15, 0.2) is 16.6 Å². The van der Waals surface area contributed by atoms with Gasteiger partial charge in [-0.1, -0.05) is 11.3 Å². The van der Waals surface area contributed by atoms with E-state index in [1.807, 2.05) is 0 Å². The molecule has 1 saturated heterocycles. The Kier molecular flexibility index (Phi) is 6.60. The Bertz CT molecular complexity index is 1560. The highest BCUT2D eigenvalue weighted by molar-refractivity contribution is 7.22. The number of ketones is 1. The molecule has 0 aliphatic carbocycles. The number of amides is 1. The summed E-state index contributed by atoms with van der Waals surface area (Å²) in [6.45, 7) is 0. The summed E-state index contributed by atoms with van der Waals surface area (Å²) in [5.41, 5.74) is 1.31. The van der Waals surface area contributed by atoms with Crippen LogP contribution in [0.1, 0.15) is 17.2 Å². The summed E-state index contributed by atoms with van der Waals surface area (Å²) in [7, 11) is 5.97. The van der Waals surface area contributed by atoms with Crippen LogP contribution in [0, 0.1) is 0 Å². The minimum atomic E-state index is -1.04. The molecular weight excluding hydrogens is 510 g/mol. The molecule has 0 radical (unpaired) electrons. The Labute approximate surface area is 221 Å². The molecule has 0 bridgehead atoms. The van der Waals surface area contributed by atoms with Gasteiger partial charge in [0.25, 0.3) is 5.78 Å². The van der Waals surface area contributed by atoms with E-state index in [2.05, 4.69) is 9.97 Å². The van der Waals surface area contributed by atoms with E-state index in [-0.39, 0.29) is 16.5 Å². The quantitative estimate of drug-likeness (QED) is 0.210. The third-order valence-electron chi connectivity index (χ3n) is 6.19. The zero-order valence-electron chi connectivity index (χ0n) is 20.9. The number of carbonyl (C=O) groups is 2.